The first-order valence-electron chi connectivity index (χ1n) is 11.8. The average molecular weight is 567 g/mol. The zero-order valence-corrected chi connectivity index (χ0v) is 23.0. The van der Waals surface area contributed by atoms with Gasteiger partial charge in [0.05, 0.1) is 23.3 Å². The molecule has 0 radical (unpaired) electrons. The Morgan fingerprint density at radius 3 is 2.82 bits per heavy atom. The summed E-state index contributed by atoms with van der Waals surface area (Å²) >= 11 is 3.97. The molecule has 12 heteroatoms. The molecule has 1 unspecified atom stereocenters. The molecule has 0 bridgehead atoms. The number of nitrogens with one attached hydrogen (secondary N) is 1. The van der Waals surface area contributed by atoms with Gasteiger partial charge in [0.15, 0.2) is 10.1 Å². The molecule has 0 saturated heterocycles. The van der Waals surface area contributed by atoms with E-state index >= 15 is 0 Å². The van der Waals surface area contributed by atoms with Crippen LogP contribution in [0.2, 0.25) is 0 Å². The summed E-state index contributed by atoms with van der Waals surface area (Å²) in [6.45, 7) is 3.77. The number of allylic oxidation sites excluding steroid dienone is 3. The van der Waals surface area contributed by atoms with Crippen molar-refractivity contribution >= 4 is 56.9 Å². The highest BCUT2D eigenvalue weighted by Crippen LogP contribution is 2.48. The molecule has 5 rings (SSSR count). The van der Waals surface area contributed by atoms with Gasteiger partial charge in [-0.3, -0.25) is 14.5 Å². The van der Waals surface area contributed by atoms with E-state index in [0.29, 0.717) is 45.6 Å². The molecule has 1 atom stereocenters. The van der Waals surface area contributed by atoms with Crippen LogP contribution in [0.25, 0.3) is 0 Å². The number of Topliss-reactive ketones (excluding diaryl/α,β-unsaturated/α-hetero) is 1. The molecule has 3 aromatic rings. The van der Waals surface area contributed by atoms with E-state index < -0.39 is 11.7 Å². The second-order valence-corrected chi connectivity index (χ2v) is 12.4. The number of halogens is 1. The van der Waals surface area contributed by atoms with Crippen molar-refractivity contribution in [1.82, 2.24) is 10.2 Å². The zero-order valence-electron chi connectivity index (χ0n) is 20.6. The molecule has 1 amide bonds. The van der Waals surface area contributed by atoms with Crippen LogP contribution in [0.4, 0.5) is 15.2 Å². The van der Waals surface area contributed by atoms with E-state index in [1.165, 1.54) is 35.2 Å². The van der Waals surface area contributed by atoms with Gasteiger partial charge in [0.25, 0.3) is 0 Å². The SMILES string of the molecule is Cc1ccc(C2C(C#N)=C(N)N(c3nnc(SCC(=O)Nc4cc(F)ccc4C)s3)C3=C2C(=O)CCC3)s1. The summed E-state index contributed by atoms with van der Waals surface area (Å²) in [5.41, 5.74) is 9.41. The maximum atomic E-state index is 13.5. The van der Waals surface area contributed by atoms with Crippen LogP contribution in [-0.4, -0.2) is 27.6 Å². The van der Waals surface area contributed by atoms with Crippen molar-refractivity contribution in [2.75, 3.05) is 16.0 Å². The fourth-order valence-electron chi connectivity index (χ4n) is 4.59. The Labute approximate surface area is 231 Å². The molecule has 2 aromatic heterocycles. The van der Waals surface area contributed by atoms with E-state index in [-0.39, 0.29) is 23.3 Å². The van der Waals surface area contributed by atoms with E-state index in [2.05, 4.69) is 21.6 Å². The molecule has 0 fully saturated rings. The highest BCUT2D eigenvalue weighted by Gasteiger charge is 2.41. The van der Waals surface area contributed by atoms with Crippen LogP contribution in [0.3, 0.4) is 0 Å². The van der Waals surface area contributed by atoms with E-state index in [4.69, 9.17) is 5.73 Å². The minimum atomic E-state index is -0.491. The molecule has 3 heterocycles. The van der Waals surface area contributed by atoms with Crippen molar-refractivity contribution in [2.24, 2.45) is 5.73 Å². The summed E-state index contributed by atoms with van der Waals surface area (Å²) in [4.78, 5) is 29.3. The van der Waals surface area contributed by atoms with Crippen LogP contribution in [0, 0.1) is 31.0 Å². The number of aromatic nitrogens is 2. The number of carbonyl (C=O) groups is 2. The Morgan fingerprint density at radius 2 is 2.08 bits per heavy atom. The molecule has 194 valence electrons. The Kier molecular flexibility index (Phi) is 7.34. The fraction of sp³-hybridized carbons (Fsp3) is 0.269. The number of benzene rings is 1. The number of amides is 1. The van der Waals surface area contributed by atoms with Gasteiger partial charge in [-0.2, -0.15) is 5.26 Å². The predicted octanol–water partition coefficient (Wildman–Crippen LogP) is 5.39. The lowest BCUT2D eigenvalue weighted by molar-refractivity contribution is -0.116. The van der Waals surface area contributed by atoms with Gasteiger partial charge in [-0.05, 0) is 56.5 Å². The Bertz CT molecular complexity index is 1550. The summed E-state index contributed by atoms with van der Waals surface area (Å²) in [5, 5.41) is 21.7. The third kappa shape index (κ3) is 4.97. The van der Waals surface area contributed by atoms with E-state index in [0.717, 1.165) is 21.0 Å². The van der Waals surface area contributed by atoms with Gasteiger partial charge in [-0.25, -0.2) is 4.39 Å². The number of thioether (sulfide) groups is 1. The number of nitrogens with two attached hydrogens (primary N) is 1. The van der Waals surface area contributed by atoms with Crippen LogP contribution in [0.5, 0.6) is 0 Å². The fourth-order valence-corrected chi connectivity index (χ4v) is 7.27. The van der Waals surface area contributed by atoms with Gasteiger partial charge in [0.2, 0.25) is 11.0 Å². The minimum Gasteiger partial charge on any atom is -0.384 e. The van der Waals surface area contributed by atoms with Crippen molar-refractivity contribution < 1.29 is 14.0 Å². The summed E-state index contributed by atoms with van der Waals surface area (Å²) < 4.78 is 14.1. The molecule has 1 aliphatic carbocycles. The van der Waals surface area contributed by atoms with Gasteiger partial charge in [-0.15, -0.1) is 21.5 Å². The quantitative estimate of drug-likeness (QED) is 0.381. The second-order valence-electron chi connectivity index (χ2n) is 8.91. The van der Waals surface area contributed by atoms with Crippen LogP contribution >= 0.6 is 34.4 Å². The number of aryl methyl sites for hydroxylation is 2. The number of thiophene rings is 1. The number of nitrogens with zero attached hydrogens (tertiary/aromatic N) is 4. The second kappa shape index (κ2) is 10.7. The van der Waals surface area contributed by atoms with Crippen molar-refractivity contribution in [3.63, 3.8) is 0 Å². The third-order valence-corrected chi connectivity index (χ3v) is 9.45. The number of nitriles is 1. The van der Waals surface area contributed by atoms with Crippen molar-refractivity contribution in [2.45, 2.75) is 43.4 Å². The first kappa shape index (κ1) is 26.1. The standard InChI is InChI=1S/C26H23FN6O2S3/c1-13-6-8-15(27)10-17(13)30-21(35)12-36-26-32-31-25(38-26)33-18-4-3-5-19(34)23(18)22(16(11-28)24(33)29)20-9-7-14(2)37-20/h6-10,22H,3-5,12,29H2,1-2H3,(H,30,35). The number of hydrogen-bond donors (Lipinski definition) is 2. The van der Waals surface area contributed by atoms with Crippen LogP contribution in [-0.2, 0) is 9.59 Å². The summed E-state index contributed by atoms with van der Waals surface area (Å²) in [6.07, 6.45) is 1.72. The highest BCUT2D eigenvalue weighted by atomic mass is 32.2. The van der Waals surface area contributed by atoms with Gasteiger partial charge in [-0.1, -0.05) is 29.2 Å². The average Bonchev–Trinajstić information content (AvgIpc) is 3.53. The lowest BCUT2D eigenvalue weighted by Gasteiger charge is -2.37. The van der Waals surface area contributed by atoms with Gasteiger partial charge in [0, 0.05) is 33.1 Å². The number of carbonyl (C=O) groups excluding carboxylic acids is 2. The predicted molar refractivity (Wildman–Crippen MR) is 147 cm³/mol. The normalized spacial score (nSPS) is 17.5. The number of rotatable bonds is 6. The first-order chi connectivity index (χ1) is 18.3. The number of ketones is 1. The molecule has 0 saturated carbocycles. The molecule has 8 nitrogen and oxygen atoms in total. The highest BCUT2D eigenvalue weighted by molar-refractivity contribution is 8.01. The molecule has 0 spiro atoms. The Hall–Kier alpha value is -3.53. The number of hydrogen-bond acceptors (Lipinski definition) is 10. The lowest BCUT2D eigenvalue weighted by Crippen LogP contribution is -2.38. The maximum absolute atomic E-state index is 13.5. The number of anilines is 2. The van der Waals surface area contributed by atoms with Gasteiger partial charge < -0.3 is 11.1 Å². The molecular weight excluding hydrogens is 544 g/mol. The maximum Gasteiger partial charge on any atom is 0.234 e. The smallest absolute Gasteiger partial charge is 0.234 e. The van der Waals surface area contributed by atoms with E-state index in [9.17, 15) is 19.2 Å². The van der Waals surface area contributed by atoms with Crippen LogP contribution in [0.15, 0.2) is 57.3 Å². The molecule has 3 N–H and O–H groups in total. The van der Waals surface area contributed by atoms with Gasteiger partial charge >= 0.3 is 0 Å². The van der Waals surface area contributed by atoms with E-state index in [1.807, 2.05) is 19.1 Å². The summed E-state index contributed by atoms with van der Waals surface area (Å²) in [7, 11) is 0. The summed E-state index contributed by atoms with van der Waals surface area (Å²) in [6, 6.07) is 10.4. The molecular formula is C26H23FN6O2S3. The van der Waals surface area contributed by atoms with Crippen molar-refractivity contribution in [3.8, 4) is 6.07 Å². The summed E-state index contributed by atoms with van der Waals surface area (Å²) in [5.74, 6) is -0.926. The van der Waals surface area contributed by atoms with E-state index in [1.54, 1.807) is 29.2 Å². The van der Waals surface area contributed by atoms with Crippen LogP contribution < -0.4 is 16.0 Å². The Balaban J connectivity index is 1.40. The monoisotopic (exact) mass is 566 g/mol. The van der Waals surface area contributed by atoms with Crippen molar-refractivity contribution in [3.05, 3.63) is 74.1 Å². The van der Waals surface area contributed by atoms with Gasteiger partial charge in [0.1, 0.15) is 11.6 Å². The minimum absolute atomic E-state index is 0.0102. The largest absolute Gasteiger partial charge is 0.384 e. The van der Waals surface area contributed by atoms with Crippen molar-refractivity contribution in [1.29, 1.82) is 5.26 Å². The molecule has 2 aliphatic rings. The Morgan fingerprint density at radius 1 is 1.26 bits per heavy atom. The molecule has 1 aromatic carbocycles. The lowest BCUT2D eigenvalue weighted by atomic mass is 9.78. The topological polar surface area (TPSA) is 125 Å². The third-order valence-electron chi connectivity index (χ3n) is 6.35. The zero-order chi connectivity index (χ0) is 27.0. The molecule has 1 aliphatic heterocycles. The first-order valence-corrected chi connectivity index (χ1v) is 14.4. The van der Waals surface area contributed by atoms with Crippen LogP contribution in [0.1, 0.15) is 40.5 Å². The molecule has 38 heavy (non-hydrogen) atoms.